The van der Waals surface area contributed by atoms with E-state index in [0.29, 0.717) is 0 Å². The van der Waals surface area contributed by atoms with Crippen LogP contribution in [-0.4, -0.2) is 16.3 Å². The standard InChI is InChI=1S/C22H21NO2S/c1-16(26-20-14-12-19(24)13-15-20)22(25)23-21(17-8-4-2-5-9-17)18-10-6-3-7-11-18/h2-16,21,24H,1H3,(H,23,25). The largest absolute Gasteiger partial charge is 0.508 e. The predicted molar refractivity (Wildman–Crippen MR) is 106 cm³/mol. The maximum Gasteiger partial charge on any atom is 0.233 e. The highest BCUT2D eigenvalue weighted by molar-refractivity contribution is 8.00. The van der Waals surface area contributed by atoms with Crippen molar-refractivity contribution in [2.45, 2.75) is 23.1 Å². The van der Waals surface area contributed by atoms with E-state index >= 15 is 0 Å². The molecule has 3 aromatic rings. The number of carbonyl (C=O) groups excluding carboxylic acids is 1. The van der Waals surface area contributed by atoms with Gasteiger partial charge in [0.05, 0.1) is 11.3 Å². The van der Waals surface area contributed by atoms with E-state index in [-0.39, 0.29) is 22.9 Å². The Bertz CT molecular complexity index is 796. The monoisotopic (exact) mass is 363 g/mol. The van der Waals surface area contributed by atoms with Crippen LogP contribution in [0.2, 0.25) is 0 Å². The number of nitrogens with one attached hydrogen (secondary N) is 1. The molecule has 26 heavy (non-hydrogen) atoms. The van der Waals surface area contributed by atoms with E-state index in [1.165, 1.54) is 11.8 Å². The second-order valence-corrected chi connectivity index (χ2v) is 7.43. The lowest BCUT2D eigenvalue weighted by molar-refractivity contribution is -0.120. The first kappa shape index (κ1) is 18.1. The number of aromatic hydroxyl groups is 1. The molecule has 0 radical (unpaired) electrons. The predicted octanol–water partition coefficient (Wildman–Crippen LogP) is 4.78. The molecule has 0 fully saturated rings. The van der Waals surface area contributed by atoms with Crippen molar-refractivity contribution in [2.75, 3.05) is 0 Å². The van der Waals surface area contributed by atoms with Crippen LogP contribution < -0.4 is 5.32 Å². The minimum Gasteiger partial charge on any atom is -0.508 e. The summed E-state index contributed by atoms with van der Waals surface area (Å²) in [6.07, 6.45) is 0. The quantitative estimate of drug-likeness (QED) is 0.620. The van der Waals surface area contributed by atoms with Crippen LogP contribution >= 0.6 is 11.8 Å². The first-order valence-corrected chi connectivity index (χ1v) is 9.37. The molecule has 0 spiro atoms. The molecule has 3 nitrogen and oxygen atoms in total. The highest BCUT2D eigenvalue weighted by Gasteiger charge is 2.21. The highest BCUT2D eigenvalue weighted by Crippen LogP contribution is 2.27. The van der Waals surface area contributed by atoms with Crippen LogP contribution in [0.15, 0.2) is 89.8 Å². The van der Waals surface area contributed by atoms with E-state index in [0.717, 1.165) is 16.0 Å². The summed E-state index contributed by atoms with van der Waals surface area (Å²) in [5, 5.41) is 12.3. The van der Waals surface area contributed by atoms with Crippen LogP contribution in [0.1, 0.15) is 24.1 Å². The molecule has 1 amide bonds. The number of rotatable bonds is 6. The molecule has 0 aliphatic heterocycles. The van der Waals surface area contributed by atoms with Gasteiger partial charge in [0.1, 0.15) is 5.75 Å². The molecular formula is C22H21NO2S. The molecule has 0 aliphatic rings. The van der Waals surface area contributed by atoms with Gasteiger partial charge in [0.2, 0.25) is 5.91 Å². The Balaban J connectivity index is 1.75. The second kappa shape index (κ2) is 8.59. The topological polar surface area (TPSA) is 49.3 Å². The summed E-state index contributed by atoms with van der Waals surface area (Å²) in [7, 11) is 0. The third-order valence-electron chi connectivity index (χ3n) is 4.07. The zero-order chi connectivity index (χ0) is 18.4. The van der Waals surface area contributed by atoms with Crippen molar-refractivity contribution in [3.05, 3.63) is 96.1 Å². The lowest BCUT2D eigenvalue weighted by Crippen LogP contribution is -2.34. The second-order valence-electron chi connectivity index (χ2n) is 6.02. The zero-order valence-corrected chi connectivity index (χ0v) is 15.3. The summed E-state index contributed by atoms with van der Waals surface area (Å²) in [6.45, 7) is 1.89. The Morgan fingerprint density at radius 2 is 1.35 bits per heavy atom. The van der Waals surface area contributed by atoms with Crippen molar-refractivity contribution < 1.29 is 9.90 Å². The van der Waals surface area contributed by atoms with Gasteiger partial charge < -0.3 is 10.4 Å². The van der Waals surface area contributed by atoms with Crippen LogP contribution in [0.3, 0.4) is 0 Å². The molecule has 1 atom stereocenters. The fourth-order valence-electron chi connectivity index (χ4n) is 2.69. The van der Waals surface area contributed by atoms with Gasteiger partial charge in [-0.05, 0) is 42.3 Å². The Morgan fingerprint density at radius 1 is 0.846 bits per heavy atom. The summed E-state index contributed by atoms with van der Waals surface area (Å²) >= 11 is 1.47. The smallest absolute Gasteiger partial charge is 0.233 e. The van der Waals surface area contributed by atoms with Gasteiger partial charge in [0.25, 0.3) is 0 Å². The van der Waals surface area contributed by atoms with Crippen LogP contribution in [0.4, 0.5) is 0 Å². The molecular weight excluding hydrogens is 342 g/mol. The van der Waals surface area contributed by atoms with Gasteiger partial charge in [-0.1, -0.05) is 60.7 Å². The Hall–Kier alpha value is -2.72. The third kappa shape index (κ3) is 4.67. The molecule has 0 saturated heterocycles. The number of phenolic OH excluding ortho intramolecular Hbond substituents is 1. The lowest BCUT2D eigenvalue weighted by atomic mass is 9.98. The van der Waals surface area contributed by atoms with E-state index in [1.807, 2.05) is 79.7 Å². The zero-order valence-electron chi connectivity index (χ0n) is 14.5. The van der Waals surface area contributed by atoms with E-state index < -0.39 is 0 Å². The first-order chi connectivity index (χ1) is 12.6. The molecule has 1 unspecified atom stereocenters. The maximum atomic E-state index is 12.8. The molecule has 0 aliphatic carbocycles. The average molecular weight is 363 g/mol. The summed E-state index contributed by atoms with van der Waals surface area (Å²) in [4.78, 5) is 13.7. The SMILES string of the molecule is CC(Sc1ccc(O)cc1)C(=O)NC(c1ccccc1)c1ccccc1. The van der Waals surface area contributed by atoms with Gasteiger partial charge in [-0.3, -0.25) is 4.79 Å². The van der Waals surface area contributed by atoms with E-state index in [1.54, 1.807) is 12.1 Å². The molecule has 4 heteroatoms. The van der Waals surface area contributed by atoms with Gasteiger partial charge in [0, 0.05) is 4.90 Å². The van der Waals surface area contributed by atoms with Crippen LogP contribution in [0.5, 0.6) is 5.75 Å². The van der Waals surface area contributed by atoms with E-state index in [9.17, 15) is 9.90 Å². The minimum atomic E-state index is -0.255. The average Bonchev–Trinajstić information content (AvgIpc) is 2.69. The van der Waals surface area contributed by atoms with E-state index in [2.05, 4.69) is 5.32 Å². The van der Waals surface area contributed by atoms with Gasteiger partial charge in [-0.25, -0.2) is 0 Å². The normalized spacial score (nSPS) is 11.9. The maximum absolute atomic E-state index is 12.8. The number of hydrogen-bond donors (Lipinski definition) is 2. The van der Waals surface area contributed by atoms with Crippen molar-refractivity contribution in [3.63, 3.8) is 0 Å². The molecule has 2 N–H and O–H groups in total. The van der Waals surface area contributed by atoms with Crippen LogP contribution in [0, 0.1) is 0 Å². The van der Waals surface area contributed by atoms with Gasteiger partial charge >= 0.3 is 0 Å². The molecule has 0 saturated carbocycles. The van der Waals surface area contributed by atoms with Crippen molar-refractivity contribution in [1.82, 2.24) is 5.32 Å². The number of benzene rings is 3. The number of carbonyl (C=O) groups is 1. The van der Waals surface area contributed by atoms with Crippen molar-refractivity contribution in [1.29, 1.82) is 0 Å². The van der Waals surface area contributed by atoms with Crippen LogP contribution in [-0.2, 0) is 4.79 Å². The Morgan fingerprint density at radius 3 is 1.85 bits per heavy atom. The Labute approximate surface area is 158 Å². The molecule has 0 heterocycles. The summed E-state index contributed by atoms with van der Waals surface area (Å²) in [6, 6.07) is 26.6. The van der Waals surface area contributed by atoms with Crippen molar-refractivity contribution in [3.8, 4) is 5.75 Å². The van der Waals surface area contributed by atoms with Gasteiger partial charge in [0.15, 0.2) is 0 Å². The number of phenols is 1. The van der Waals surface area contributed by atoms with E-state index in [4.69, 9.17) is 0 Å². The molecule has 132 valence electrons. The minimum absolute atomic E-state index is 0.0271. The van der Waals surface area contributed by atoms with Gasteiger partial charge in [-0.2, -0.15) is 0 Å². The Kier molecular flexibility index (Phi) is 5.97. The summed E-state index contributed by atoms with van der Waals surface area (Å²) in [5.41, 5.74) is 2.10. The lowest BCUT2D eigenvalue weighted by Gasteiger charge is -2.22. The first-order valence-electron chi connectivity index (χ1n) is 8.49. The molecule has 0 aromatic heterocycles. The van der Waals surface area contributed by atoms with Crippen molar-refractivity contribution >= 4 is 17.7 Å². The van der Waals surface area contributed by atoms with Gasteiger partial charge in [-0.15, -0.1) is 11.8 Å². The summed E-state index contributed by atoms with van der Waals surface area (Å²) < 4.78 is 0. The molecule has 3 aromatic carbocycles. The fraction of sp³-hybridized carbons (Fsp3) is 0.136. The fourth-order valence-corrected chi connectivity index (χ4v) is 3.57. The molecule has 3 rings (SSSR count). The number of hydrogen-bond acceptors (Lipinski definition) is 3. The summed E-state index contributed by atoms with van der Waals surface area (Å²) in [5.74, 6) is 0.195. The van der Waals surface area contributed by atoms with Crippen LogP contribution in [0.25, 0.3) is 0 Å². The van der Waals surface area contributed by atoms with Crippen molar-refractivity contribution in [2.24, 2.45) is 0 Å². The third-order valence-corrected chi connectivity index (χ3v) is 5.18. The number of amides is 1. The molecule has 0 bridgehead atoms. The number of thioether (sulfide) groups is 1. The highest BCUT2D eigenvalue weighted by atomic mass is 32.2.